The van der Waals surface area contributed by atoms with Gasteiger partial charge < -0.3 is 10.5 Å². The van der Waals surface area contributed by atoms with Crippen molar-refractivity contribution in [1.82, 2.24) is 0 Å². The van der Waals surface area contributed by atoms with Crippen molar-refractivity contribution < 1.29 is 22.7 Å². The molecule has 0 aliphatic carbocycles. The fourth-order valence-corrected chi connectivity index (χ4v) is 1.52. The lowest BCUT2D eigenvalue weighted by molar-refractivity contribution is -0.137. The lowest BCUT2D eigenvalue weighted by Gasteiger charge is -2.14. The third-order valence-corrected chi connectivity index (χ3v) is 2.34. The zero-order chi connectivity index (χ0) is 13.9. The molecule has 0 heterocycles. The Bertz CT molecular complexity index is 518. The molecule has 0 saturated carbocycles. The van der Waals surface area contributed by atoms with Gasteiger partial charge in [0.05, 0.1) is 23.8 Å². The highest BCUT2D eigenvalue weighted by molar-refractivity contribution is 5.92. The molecule has 0 amide bonds. The topological polar surface area (TPSA) is 76.1 Å². The number of nitrogens with two attached hydrogens (primary N) is 1. The maximum atomic E-state index is 12.7. The number of methoxy groups -OCH3 is 1. The van der Waals surface area contributed by atoms with E-state index in [4.69, 9.17) is 11.0 Å². The Morgan fingerprint density at radius 3 is 2.50 bits per heavy atom. The van der Waals surface area contributed by atoms with Crippen molar-refractivity contribution in [3.8, 4) is 6.07 Å². The summed E-state index contributed by atoms with van der Waals surface area (Å²) in [6.45, 7) is -0.364. The van der Waals surface area contributed by atoms with E-state index < -0.39 is 23.3 Å². The first-order valence-corrected chi connectivity index (χ1v) is 4.78. The Balaban J connectivity index is 3.58. The van der Waals surface area contributed by atoms with Gasteiger partial charge in [0.25, 0.3) is 0 Å². The quantitative estimate of drug-likeness (QED) is 0.821. The molecule has 1 aromatic carbocycles. The number of carbonyl (C=O) groups is 1. The van der Waals surface area contributed by atoms with Gasteiger partial charge in [-0.25, -0.2) is 4.79 Å². The molecule has 0 saturated heterocycles. The number of benzene rings is 1. The van der Waals surface area contributed by atoms with Crippen LogP contribution in [0, 0.1) is 11.3 Å². The summed E-state index contributed by atoms with van der Waals surface area (Å²) in [6.07, 6.45) is -4.68. The lowest BCUT2D eigenvalue weighted by atomic mass is 9.96. The van der Waals surface area contributed by atoms with Gasteiger partial charge in [-0.15, -0.1) is 0 Å². The SMILES string of the molecule is COC(=O)c1ccc(C(F)(F)F)c(C#N)c1CN. The van der Waals surface area contributed by atoms with Crippen molar-refractivity contribution in [2.24, 2.45) is 5.73 Å². The fourth-order valence-electron chi connectivity index (χ4n) is 1.52. The molecule has 96 valence electrons. The summed E-state index contributed by atoms with van der Waals surface area (Å²) in [5, 5.41) is 8.81. The minimum absolute atomic E-state index is 0.135. The van der Waals surface area contributed by atoms with Crippen LogP contribution in [0.4, 0.5) is 13.2 Å². The highest BCUT2D eigenvalue weighted by Crippen LogP contribution is 2.34. The first-order valence-electron chi connectivity index (χ1n) is 4.78. The van der Waals surface area contributed by atoms with Crippen LogP contribution < -0.4 is 5.73 Å². The molecule has 2 N–H and O–H groups in total. The number of nitriles is 1. The predicted octanol–water partition coefficient (Wildman–Crippen LogP) is 1.82. The molecular formula is C11H9F3N2O2. The monoisotopic (exact) mass is 258 g/mol. The second-order valence-electron chi connectivity index (χ2n) is 3.32. The van der Waals surface area contributed by atoms with Crippen LogP contribution in [0.3, 0.4) is 0 Å². The van der Waals surface area contributed by atoms with Gasteiger partial charge in [0.1, 0.15) is 6.07 Å². The summed E-state index contributed by atoms with van der Waals surface area (Å²) in [5.41, 5.74) is 3.25. The summed E-state index contributed by atoms with van der Waals surface area (Å²) in [5.74, 6) is -0.833. The molecule has 0 aliphatic heterocycles. The summed E-state index contributed by atoms with van der Waals surface area (Å²) in [4.78, 5) is 11.4. The molecule has 18 heavy (non-hydrogen) atoms. The number of rotatable bonds is 2. The number of halogens is 3. The van der Waals surface area contributed by atoms with Gasteiger partial charge in [0.2, 0.25) is 0 Å². The molecule has 4 nitrogen and oxygen atoms in total. The Morgan fingerprint density at radius 1 is 1.50 bits per heavy atom. The summed E-state index contributed by atoms with van der Waals surface area (Å²) in [6, 6.07) is 3.06. The van der Waals surface area contributed by atoms with E-state index in [1.165, 1.54) is 6.07 Å². The van der Waals surface area contributed by atoms with Gasteiger partial charge in [-0.2, -0.15) is 18.4 Å². The number of nitrogens with zero attached hydrogens (tertiary/aromatic N) is 1. The van der Waals surface area contributed by atoms with Crippen LogP contribution in [0.1, 0.15) is 27.0 Å². The lowest BCUT2D eigenvalue weighted by Crippen LogP contribution is -2.16. The van der Waals surface area contributed by atoms with Crippen LogP contribution in [0.25, 0.3) is 0 Å². The molecule has 0 aliphatic rings. The Kier molecular flexibility index (Phi) is 3.93. The molecule has 0 spiro atoms. The van der Waals surface area contributed by atoms with Gasteiger partial charge in [-0.1, -0.05) is 0 Å². The van der Waals surface area contributed by atoms with Gasteiger partial charge in [-0.3, -0.25) is 0 Å². The number of ether oxygens (including phenoxy) is 1. The highest BCUT2D eigenvalue weighted by atomic mass is 19.4. The average molecular weight is 258 g/mol. The van der Waals surface area contributed by atoms with E-state index in [0.717, 1.165) is 13.2 Å². The summed E-state index contributed by atoms with van der Waals surface area (Å²) < 4.78 is 42.4. The zero-order valence-corrected chi connectivity index (χ0v) is 9.34. The Labute approximate surface area is 101 Å². The molecule has 0 fully saturated rings. The first kappa shape index (κ1) is 14.0. The van der Waals surface area contributed by atoms with E-state index in [-0.39, 0.29) is 17.7 Å². The fraction of sp³-hybridized carbons (Fsp3) is 0.273. The van der Waals surface area contributed by atoms with E-state index in [1.54, 1.807) is 0 Å². The molecule has 1 rings (SSSR count). The molecule has 0 unspecified atom stereocenters. The van der Waals surface area contributed by atoms with E-state index in [9.17, 15) is 18.0 Å². The third kappa shape index (κ3) is 2.43. The van der Waals surface area contributed by atoms with Crippen LogP contribution in [0.2, 0.25) is 0 Å². The van der Waals surface area contributed by atoms with E-state index >= 15 is 0 Å². The normalized spacial score (nSPS) is 10.9. The van der Waals surface area contributed by atoms with E-state index in [0.29, 0.717) is 6.07 Å². The zero-order valence-electron chi connectivity index (χ0n) is 9.34. The number of carbonyl (C=O) groups excluding carboxylic acids is 1. The second kappa shape index (κ2) is 5.06. The minimum Gasteiger partial charge on any atom is -0.465 e. The molecule has 7 heteroatoms. The summed E-state index contributed by atoms with van der Waals surface area (Å²) in [7, 11) is 1.09. The number of hydrogen-bond donors (Lipinski definition) is 1. The van der Waals surface area contributed by atoms with Crippen molar-refractivity contribution in [1.29, 1.82) is 5.26 Å². The number of alkyl halides is 3. The Hall–Kier alpha value is -2.07. The molecular weight excluding hydrogens is 249 g/mol. The van der Waals surface area contributed by atoms with Crippen molar-refractivity contribution in [2.45, 2.75) is 12.7 Å². The average Bonchev–Trinajstić information content (AvgIpc) is 2.34. The largest absolute Gasteiger partial charge is 0.465 e. The van der Waals surface area contributed by atoms with Crippen molar-refractivity contribution in [3.05, 3.63) is 34.4 Å². The van der Waals surface area contributed by atoms with Crippen molar-refractivity contribution >= 4 is 5.97 Å². The second-order valence-corrected chi connectivity index (χ2v) is 3.32. The first-order chi connectivity index (χ1) is 8.36. The van der Waals surface area contributed by atoms with Gasteiger partial charge in [0, 0.05) is 6.54 Å². The summed E-state index contributed by atoms with van der Waals surface area (Å²) >= 11 is 0. The van der Waals surface area contributed by atoms with E-state index in [2.05, 4.69) is 4.74 Å². The molecule has 0 atom stereocenters. The van der Waals surface area contributed by atoms with Crippen LogP contribution >= 0.6 is 0 Å². The maximum absolute atomic E-state index is 12.7. The van der Waals surface area contributed by atoms with Gasteiger partial charge in [-0.05, 0) is 17.7 Å². The van der Waals surface area contributed by atoms with Crippen LogP contribution in [-0.4, -0.2) is 13.1 Å². The third-order valence-electron chi connectivity index (χ3n) is 2.34. The molecule has 0 radical (unpaired) electrons. The smallest absolute Gasteiger partial charge is 0.417 e. The van der Waals surface area contributed by atoms with Gasteiger partial charge in [0.15, 0.2) is 0 Å². The molecule has 0 aromatic heterocycles. The van der Waals surface area contributed by atoms with E-state index in [1.807, 2.05) is 0 Å². The van der Waals surface area contributed by atoms with Crippen molar-refractivity contribution in [3.63, 3.8) is 0 Å². The van der Waals surface area contributed by atoms with Crippen LogP contribution in [0.5, 0.6) is 0 Å². The van der Waals surface area contributed by atoms with Crippen LogP contribution in [-0.2, 0) is 17.5 Å². The highest BCUT2D eigenvalue weighted by Gasteiger charge is 2.35. The maximum Gasteiger partial charge on any atom is 0.417 e. The molecule has 1 aromatic rings. The van der Waals surface area contributed by atoms with Gasteiger partial charge >= 0.3 is 12.1 Å². The minimum atomic E-state index is -4.68. The van der Waals surface area contributed by atoms with Crippen LogP contribution in [0.15, 0.2) is 12.1 Å². The standard InChI is InChI=1S/C11H9F3N2O2/c1-18-10(17)6-2-3-9(11(12,13)14)8(5-16)7(6)4-15/h2-3H,4,15H2,1H3. The molecule has 0 bridgehead atoms. The predicted molar refractivity (Wildman–Crippen MR) is 55.4 cm³/mol. The Morgan fingerprint density at radius 2 is 2.11 bits per heavy atom. The van der Waals surface area contributed by atoms with Crippen molar-refractivity contribution in [2.75, 3.05) is 7.11 Å². The number of hydrogen-bond acceptors (Lipinski definition) is 4. The number of esters is 1.